The van der Waals surface area contributed by atoms with Gasteiger partial charge in [-0.2, -0.15) is 0 Å². The van der Waals surface area contributed by atoms with E-state index >= 15 is 0 Å². The molecule has 4 atom stereocenters. The summed E-state index contributed by atoms with van der Waals surface area (Å²) >= 11 is 0. The minimum absolute atomic E-state index is 0.0220. The van der Waals surface area contributed by atoms with Crippen LogP contribution < -0.4 is 5.32 Å². The number of piperazine rings is 1. The molecule has 21 heavy (non-hydrogen) atoms. The molecule has 4 unspecified atom stereocenters. The van der Waals surface area contributed by atoms with Crippen molar-refractivity contribution in [2.24, 2.45) is 11.8 Å². The summed E-state index contributed by atoms with van der Waals surface area (Å²) in [6.07, 6.45) is 9.23. The molecule has 0 aromatic heterocycles. The third-order valence-electron chi connectivity index (χ3n) is 4.96. The normalized spacial score (nSPS) is 31.2. The van der Waals surface area contributed by atoms with Gasteiger partial charge < -0.3 is 10.2 Å². The molecular weight excluding hydrogens is 264 g/mol. The second-order valence-corrected chi connectivity index (χ2v) is 6.44. The number of carbonyl (C=O) groups excluding carboxylic acids is 2. The summed E-state index contributed by atoms with van der Waals surface area (Å²) in [5.74, 6) is 0.823. The molecule has 0 radical (unpaired) electrons. The molecule has 0 saturated carbocycles. The summed E-state index contributed by atoms with van der Waals surface area (Å²) in [5, 5.41) is 2.94. The van der Waals surface area contributed by atoms with E-state index in [1.807, 2.05) is 18.7 Å². The Morgan fingerprint density at radius 2 is 2.10 bits per heavy atom. The van der Waals surface area contributed by atoms with E-state index < -0.39 is 0 Å². The molecule has 2 amide bonds. The van der Waals surface area contributed by atoms with Crippen molar-refractivity contribution in [2.75, 3.05) is 6.54 Å². The number of hydrogen-bond donors (Lipinski definition) is 1. The van der Waals surface area contributed by atoms with Crippen molar-refractivity contribution >= 4 is 11.8 Å². The summed E-state index contributed by atoms with van der Waals surface area (Å²) in [7, 11) is 0. The van der Waals surface area contributed by atoms with Gasteiger partial charge in [0.1, 0.15) is 12.1 Å². The summed E-state index contributed by atoms with van der Waals surface area (Å²) in [6, 6.07) is -0.631. The van der Waals surface area contributed by atoms with Gasteiger partial charge in [0.15, 0.2) is 0 Å². The Kier molecular flexibility index (Phi) is 5.43. The SMILES string of the molecule is CCC(C)C1NC(=O)C(CC)N(CC2CC=CCC2)C1=O. The number of nitrogens with zero attached hydrogens (tertiary/aromatic N) is 1. The van der Waals surface area contributed by atoms with Gasteiger partial charge >= 0.3 is 0 Å². The van der Waals surface area contributed by atoms with Gasteiger partial charge in [0.25, 0.3) is 0 Å². The summed E-state index contributed by atoms with van der Waals surface area (Å²) in [5.41, 5.74) is 0. The second kappa shape index (κ2) is 7.10. The van der Waals surface area contributed by atoms with Gasteiger partial charge in [-0.3, -0.25) is 9.59 Å². The Morgan fingerprint density at radius 1 is 1.33 bits per heavy atom. The molecule has 1 N–H and O–H groups in total. The lowest BCUT2D eigenvalue weighted by molar-refractivity contribution is -0.151. The maximum atomic E-state index is 12.8. The third kappa shape index (κ3) is 3.47. The number of carbonyl (C=O) groups is 2. The fourth-order valence-corrected chi connectivity index (χ4v) is 3.33. The van der Waals surface area contributed by atoms with Crippen molar-refractivity contribution in [2.45, 2.75) is 65.0 Å². The predicted molar refractivity (Wildman–Crippen MR) is 83.7 cm³/mol. The molecule has 118 valence electrons. The van der Waals surface area contributed by atoms with E-state index in [-0.39, 0.29) is 29.8 Å². The van der Waals surface area contributed by atoms with Crippen LogP contribution in [-0.4, -0.2) is 35.3 Å². The average Bonchev–Trinajstić information content (AvgIpc) is 2.51. The van der Waals surface area contributed by atoms with E-state index in [2.05, 4.69) is 24.4 Å². The first-order chi connectivity index (χ1) is 10.1. The van der Waals surface area contributed by atoms with Crippen LogP contribution >= 0.6 is 0 Å². The first-order valence-corrected chi connectivity index (χ1v) is 8.34. The number of nitrogens with one attached hydrogen (secondary N) is 1. The maximum Gasteiger partial charge on any atom is 0.246 e. The molecule has 2 aliphatic rings. The largest absolute Gasteiger partial charge is 0.342 e. The number of allylic oxidation sites excluding steroid dienone is 2. The first kappa shape index (κ1) is 16.1. The van der Waals surface area contributed by atoms with Crippen molar-refractivity contribution < 1.29 is 9.59 Å². The van der Waals surface area contributed by atoms with Crippen molar-refractivity contribution in [1.29, 1.82) is 0 Å². The molecule has 1 heterocycles. The van der Waals surface area contributed by atoms with Gasteiger partial charge in [0, 0.05) is 6.54 Å². The number of amides is 2. The quantitative estimate of drug-likeness (QED) is 0.792. The summed E-state index contributed by atoms with van der Waals surface area (Å²) < 4.78 is 0. The second-order valence-electron chi connectivity index (χ2n) is 6.44. The number of hydrogen-bond acceptors (Lipinski definition) is 2. The lowest BCUT2D eigenvalue weighted by Crippen LogP contribution is -2.65. The first-order valence-electron chi connectivity index (χ1n) is 8.34. The van der Waals surface area contributed by atoms with Crippen LogP contribution in [0.3, 0.4) is 0 Å². The van der Waals surface area contributed by atoms with Crippen LogP contribution in [0.1, 0.15) is 52.9 Å². The van der Waals surface area contributed by atoms with E-state index in [0.717, 1.165) is 32.2 Å². The lowest BCUT2D eigenvalue weighted by Gasteiger charge is -2.42. The smallest absolute Gasteiger partial charge is 0.246 e. The standard InChI is InChI=1S/C17H28N2O2/c1-4-12(3)15-17(21)19(14(5-2)16(20)18-15)11-13-9-7-6-8-10-13/h6-7,12-15H,4-5,8-11H2,1-3H3,(H,18,20). The molecule has 1 aliphatic carbocycles. The molecule has 0 spiro atoms. The van der Waals surface area contributed by atoms with Crippen LogP contribution in [0.15, 0.2) is 12.2 Å². The molecule has 2 rings (SSSR count). The maximum absolute atomic E-state index is 12.8. The fraction of sp³-hybridized carbons (Fsp3) is 0.765. The van der Waals surface area contributed by atoms with Crippen LogP contribution in [0, 0.1) is 11.8 Å². The molecule has 1 fully saturated rings. The van der Waals surface area contributed by atoms with Crippen molar-refractivity contribution in [1.82, 2.24) is 10.2 Å². The molecular formula is C17H28N2O2. The Labute approximate surface area is 128 Å². The average molecular weight is 292 g/mol. The highest BCUT2D eigenvalue weighted by atomic mass is 16.2. The Bertz CT molecular complexity index is 419. The summed E-state index contributed by atoms with van der Waals surface area (Å²) in [6.45, 7) is 6.81. The fourth-order valence-electron chi connectivity index (χ4n) is 3.33. The molecule has 1 saturated heterocycles. The molecule has 0 aromatic carbocycles. The highest BCUT2D eigenvalue weighted by Gasteiger charge is 2.41. The predicted octanol–water partition coefficient (Wildman–Crippen LogP) is 2.49. The van der Waals surface area contributed by atoms with Crippen LogP contribution in [0.5, 0.6) is 0 Å². The summed E-state index contributed by atoms with van der Waals surface area (Å²) in [4.78, 5) is 27.0. The molecule has 1 aliphatic heterocycles. The zero-order valence-corrected chi connectivity index (χ0v) is 13.5. The van der Waals surface area contributed by atoms with Gasteiger partial charge in [-0.05, 0) is 37.5 Å². The monoisotopic (exact) mass is 292 g/mol. The van der Waals surface area contributed by atoms with E-state index in [9.17, 15) is 9.59 Å². The molecule has 0 aromatic rings. The zero-order chi connectivity index (χ0) is 15.4. The number of rotatable bonds is 5. The Balaban J connectivity index is 2.14. The van der Waals surface area contributed by atoms with Gasteiger partial charge in [0.05, 0.1) is 0 Å². The Hall–Kier alpha value is -1.32. The Morgan fingerprint density at radius 3 is 2.67 bits per heavy atom. The van der Waals surface area contributed by atoms with Gasteiger partial charge in [-0.25, -0.2) is 0 Å². The topological polar surface area (TPSA) is 49.4 Å². The molecule has 4 heteroatoms. The van der Waals surface area contributed by atoms with Crippen LogP contribution in [-0.2, 0) is 9.59 Å². The van der Waals surface area contributed by atoms with E-state index in [4.69, 9.17) is 0 Å². The van der Waals surface area contributed by atoms with Gasteiger partial charge in [-0.15, -0.1) is 0 Å². The van der Waals surface area contributed by atoms with Crippen LogP contribution in [0.25, 0.3) is 0 Å². The van der Waals surface area contributed by atoms with Crippen molar-refractivity contribution in [3.8, 4) is 0 Å². The lowest BCUT2D eigenvalue weighted by atomic mass is 9.90. The minimum atomic E-state index is -0.343. The van der Waals surface area contributed by atoms with E-state index in [1.165, 1.54) is 0 Å². The van der Waals surface area contributed by atoms with Crippen molar-refractivity contribution in [3.05, 3.63) is 12.2 Å². The van der Waals surface area contributed by atoms with Crippen LogP contribution in [0.4, 0.5) is 0 Å². The zero-order valence-electron chi connectivity index (χ0n) is 13.5. The third-order valence-corrected chi connectivity index (χ3v) is 4.96. The minimum Gasteiger partial charge on any atom is -0.342 e. The van der Waals surface area contributed by atoms with Crippen molar-refractivity contribution in [3.63, 3.8) is 0 Å². The van der Waals surface area contributed by atoms with Gasteiger partial charge in [-0.1, -0.05) is 39.3 Å². The molecule has 4 nitrogen and oxygen atoms in total. The van der Waals surface area contributed by atoms with E-state index in [1.54, 1.807) is 0 Å². The van der Waals surface area contributed by atoms with Gasteiger partial charge in [0.2, 0.25) is 11.8 Å². The highest BCUT2D eigenvalue weighted by molar-refractivity contribution is 5.97. The highest BCUT2D eigenvalue weighted by Crippen LogP contribution is 2.25. The van der Waals surface area contributed by atoms with E-state index in [0.29, 0.717) is 12.3 Å². The van der Waals surface area contributed by atoms with Crippen LogP contribution in [0.2, 0.25) is 0 Å². The molecule has 0 bridgehead atoms.